The van der Waals surface area contributed by atoms with Crippen LogP contribution in [0.5, 0.6) is 5.88 Å². The Hall–Kier alpha value is -1.62. The van der Waals surface area contributed by atoms with Gasteiger partial charge in [0.1, 0.15) is 0 Å². The summed E-state index contributed by atoms with van der Waals surface area (Å²) >= 11 is 0. The van der Waals surface area contributed by atoms with E-state index >= 15 is 0 Å². The predicted molar refractivity (Wildman–Crippen MR) is 66.7 cm³/mol. The van der Waals surface area contributed by atoms with Crippen molar-refractivity contribution in [2.45, 2.75) is 12.8 Å². The summed E-state index contributed by atoms with van der Waals surface area (Å²) in [6.07, 6.45) is 3.80. The summed E-state index contributed by atoms with van der Waals surface area (Å²) in [5.74, 6) is 0.676. The Kier molecular flexibility index (Phi) is 4.52. The highest BCUT2D eigenvalue weighted by atomic mass is 16.5. The van der Waals surface area contributed by atoms with Gasteiger partial charge >= 0.3 is 5.97 Å². The van der Waals surface area contributed by atoms with Crippen molar-refractivity contribution in [3.63, 3.8) is 0 Å². The number of piperidine rings is 1. The summed E-state index contributed by atoms with van der Waals surface area (Å²) in [6.45, 7) is 2.74. The second-order valence-corrected chi connectivity index (χ2v) is 4.38. The van der Waals surface area contributed by atoms with Gasteiger partial charge in [0.2, 0.25) is 5.88 Å². The number of esters is 1. The minimum atomic E-state index is -0.371. The number of ether oxygens (including phenoxy) is 2. The van der Waals surface area contributed by atoms with Gasteiger partial charge in [0.15, 0.2) is 0 Å². The highest BCUT2D eigenvalue weighted by Crippen LogP contribution is 2.15. The van der Waals surface area contributed by atoms with Crippen LogP contribution in [0.2, 0.25) is 0 Å². The zero-order valence-electron chi connectivity index (χ0n) is 10.5. The first kappa shape index (κ1) is 12.8. The van der Waals surface area contributed by atoms with Crippen LogP contribution in [0.25, 0.3) is 0 Å². The molecule has 5 nitrogen and oxygen atoms in total. The first-order valence-corrected chi connectivity index (χ1v) is 6.17. The molecular formula is C13H18N2O3. The van der Waals surface area contributed by atoms with Gasteiger partial charge in [-0.1, -0.05) is 0 Å². The Morgan fingerprint density at radius 2 is 2.28 bits per heavy atom. The van der Waals surface area contributed by atoms with Crippen molar-refractivity contribution in [2.24, 2.45) is 5.92 Å². The van der Waals surface area contributed by atoms with Gasteiger partial charge in [-0.15, -0.1) is 0 Å². The zero-order valence-corrected chi connectivity index (χ0v) is 10.5. The van der Waals surface area contributed by atoms with Gasteiger partial charge in [-0.25, -0.2) is 9.78 Å². The van der Waals surface area contributed by atoms with Gasteiger partial charge in [-0.2, -0.15) is 0 Å². The highest BCUT2D eigenvalue weighted by molar-refractivity contribution is 5.89. The van der Waals surface area contributed by atoms with Crippen molar-refractivity contribution in [3.05, 3.63) is 23.9 Å². The van der Waals surface area contributed by atoms with E-state index in [0.29, 0.717) is 24.0 Å². The lowest BCUT2D eigenvalue weighted by molar-refractivity contribution is 0.0600. The molecule has 0 aliphatic carbocycles. The zero-order chi connectivity index (χ0) is 12.8. The third kappa shape index (κ3) is 3.43. The number of carbonyl (C=O) groups is 1. The van der Waals surface area contributed by atoms with E-state index in [9.17, 15) is 4.79 Å². The van der Waals surface area contributed by atoms with Crippen LogP contribution in [-0.2, 0) is 4.74 Å². The Balaban J connectivity index is 1.90. The third-order valence-electron chi connectivity index (χ3n) is 3.08. The van der Waals surface area contributed by atoms with Crippen molar-refractivity contribution >= 4 is 5.97 Å². The molecule has 0 amide bonds. The summed E-state index contributed by atoms with van der Waals surface area (Å²) in [4.78, 5) is 15.5. The molecule has 1 saturated heterocycles. The largest absolute Gasteiger partial charge is 0.477 e. The van der Waals surface area contributed by atoms with E-state index in [4.69, 9.17) is 4.74 Å². The molecule has 1 aliphatic rings. The molecule has 0 atom stereocenters. The summed E-state index contributed by atoms with van der Waals surface area (Å²) in [5.41, 5.74) is 0.466. The van der Waals surface area contributed by atoms with Crippen LogP contribution in [0.3, 0.4) is 0 Å². The van der Waals surface area contributed by atoms with E-state index in [1.54, 1.807) is 18.3 Å². The molecule has 1 fully saturated rings. The normalized spacial score (nSPS) is 16.3. The van der Waals surface area contributed by atoms with Crippen LogP contribution in [0.4, 0.5) is 0 Å². The maximum atomic E-state index is 11.4. The standard InChI is InChI=1S/C13H18N2O3/c1-17-13(16)11-4-7-15-12(8-11)18-9-10-2-5-14-6-3-10/h4,7-8,10,14H,2-3,5-6,9H2,1H3. The highest BCUT2D eigenvalue weighted by Gasteiger charge is 2.14. The molecule has 1 aromatic heterocycles. The lowest BCUT2D eigenvalue weighted by atomic mass is 9.99. The van der Waals surface area contributed by atoms with Crippen LogP contribution in [0.15, 0.2) is 18.3 Å². The van der Waals surface area contributed by atoms with E-state index in [2.05, 4.69) is 15.0 Å². The monoisotopic (exact) mass is 250 g/mol. The average Bonchev–Trinajstić information content (AvgIpc) is 2.45. The van der Waals surface area contributed by atoms with Crippen LogP contribution in [0.1, 0.15) is 23.2 Å². The number of nitrogens with one attached hydrogen (secondary N) is 1. The number of rotatable bonds is 4. The quantitative estimate of drug-likeness (QED) is 0.815. The van der Waals surface area contributed by atoms with E-state index in [1.807, 2.05) is 0 Å². The maximum Gasteiger partial charge on any atom is 0.338 e. The van der Waals surface area contributed by atoms with E-state index in [1.165, 1.54) is 7.11 Å². The second kappa shape index (κ2) is 6.35. The molecule has 1 aliphatic heterocycles. The topological polar surface area (TPSA) is 60.5 Å². The second-order valence-electron chi connectivity index (χ2n) is 4.38. The minimum absolute atomic E-state index is 0.371. The van der Waals surface area contributed by atoms with Crippen LogP contribution in [0, 0.1) is 5.92 Å². The number of aromatic nitrogens is 1. The maximum absolute atomic E-state index is 11.4. The molecule has 98 valence electrons. The molecule has 1 N–H and O–H groups in total. The average molecular weight is 250 g/mol. The fraction of sp³-hybridized carbons (Fsp3) is 0.538. The fourth-order valence-electron chi connectivity index (χ4n) is 1.98. The van der Waals surface area contributed by atoms with Crippen LogP contribution in [-0.4, -0.2) is 37.8 Å². The summed E-state index contributed by atoms with van der Waals surface area (Å²) in [6, 6.07) is 3.23. The molecule has 1 aromatic rings. The van der Waals surface area contributed by atoms with E-state index < -0.39 is 0 Å². The van der Waals surface area contributed by atoms with Gasteiger partial charge < -0.3 is 14.8 Å². The van der Waals surface area contributed by atoms with Gasteiger partial charge in [-0.3, -0.25) is 0 Å². The fourth-order valence-corrected chi connectivity index (χ4v) is 1.98. The Morgan fingerprint density at radius 3 is 3.00 bits per heavy atom. The number of hydrogen-bond acceptors (Lipinski definition) is 5. The van der Waals surface area contributed by atoms with E-state index in [-0.39, 0.29) is 5.97 Å². The van der Waals surface area contributed by atoms with Crippen molar-refractivity contribution < 1.29 is 14.3 Å². The summed E-state index contributed by atoms with van der Waals surface area (Å²) in [7, 11) is 1.36. The molecule has 2 rings (SSSR count). The molecule has 18 heavy (non-hydrogen) atoms. The first-order chi connectivity index (χ1) is 8.79. The Morgan fingerprint density at radius 1 is 1.50 bits per heavy atom. The molecule has 0 bridgehead atoms. The van der Waals surface area contributed by atoms with Crippen molar-refractivity contribution in [3.8, 4) is 5.88 Å². The molecule has 2 heterocycles. The molecule has 0 spiro atoms. The van der Waals surface area contributed by atoms with Gasteiger partial charge in [-0.05, 0) is 37.9 Å². The molecular weight excluding hydrogens is 232 g/mol. The van der Waals surface area contributed by atoms with E-state index in [0.717, 1.165) is 25.9 Å². The summed E-state index contributed by atoms with van der Waals surface area (Å²) in [5, 5.41) is 3.31. The lowest BCUT2D eigenvalue weighted by Crippen LogP contribution is -2.30. The van der Waals surface area contributed by atoms with Gasteiger partial charge in [0.05, 0.1) is 19.3 Å². The molecule has 0 unspecified atom stereocenters. The molecule has 0 aromatic carbocycles. The molecule has 0 saturated carbocycles. The predicted octanol–water partition coefficient (Wildman–Crippen LogP) is 1.25. The van der Waals surface area contributed by atoms with Gasteiger partial charge in [0, 0.05) is 12.3 Å². The van der Waals surface area contributed by atoms with Gasteiger partial charge in [0.25, 0.3) is 0 Å². The number of carbonyl (C=O) groups excluding carboxylic acids is 1. The molecule has 0 radical (unpaired) electrons. The SMILES string of the molecule is COC(=O)c1ccnc(OCC2CCNCC2)c1. The number of nitrogens with zero attached hydrogens (tertiary/aromatic N) is 1. The Labute approximate surface area is 107 Å². The van der Waals surface area contributed by atoms with Crippen molar-refractivity contribution in [1.82, 2.24) is 10.3 Å². The summed E-state index contributed by atoms with van der Waals surface area (Å²) < 4.78 is 10.3. The van der Waals surface area contributed by atoms with Crippen LogP contribution < -0.4 is 10.1 Å². The minimum Gasteiger partial charge on any atom is -0.477 e. The Bertz CT molecular complexity index is 403. The number of methoxy groups -OCH3 is 1. The third-order valence-corrected chi connectivity index (χ3v) is 3.08. The number of hydrogen-bond donors (Lipinski definition) is 1. The smallest absolute Gasteiger partial charge is 0.338 e. The van der Waals surface area contributed by atoms with Crippen molar-refractivity contribution in [1.29, 1.82) is 0 Å². The number of pyridine rings is 1. The molecule has 5 heteroatoms. The lowest BCUT2D eigenvalue weighted by Gasteiger charge is -2.22. The first-order valence-electron chi connectivity index (χ1n) is 6.17. The van der Waals surface area contributed by atoms with Crippen LogP contribution >= 0.6 is 0 Å². The van der Waals surface area contributed by atoms with Crippen molar-refractivity contribution in [2.75, 3.05) is 26.8 Å².